The van der Waals surface area contributed by atoms with Crippen molar-refractivity contribution >= 4 is 16.7 Å². The van der Waals surface area contributed by atoms with E-state index in [1.807, 2.05) is 97.1 Å². The van der Waals surface area contributed by atoms with Gasteiger partial charge in [-0.05, 0) is 46.2 Å². The van der Waals surface area contributed by atoms with Crippen molar-refractivity contribution in [2.45, 2.75) is 6.04 Å². The molecular formula is C26H23NO3. The Labute approximate surface area is 176 Å². The third-order valence-electron chi connectivity index (χ3n) is 4.98. The van der Waals surface area contributed by atoms with Gasteiger partial charge in [-0.25, -0.2) is 0 Å². The van der Waals surface area contributed by atoms with E-state index in [9.17, 15) is 4.79 Å². The molecule has 30 heavy (non-hydrogen) atoms. The molecule has 4 heteroatoms. The summed E-state index contributed by atoms with van der Waals surface area (Å²) in [5, 5.41) is 5.31. The molecule has 0 bridgehead atoms. The van der Waals surface area contributed by atoms with Crippen molar-refractivity contribution in [1.82, 2.24) is 5.32 Å². The molecule has 150 valence electrons. The quantitative estimate of drug-likeness (QED) is 0.470. The van der Waals surface area contributed by atoms with Crippen molar-refractivity contribution in [3.8, 4) is 11.5 Å². The number of ether oxygens (including phenoxy) is 2. The number of benzene rings is 4. The lowest BCUT2D eigenvalue weighted by Crippen LogP contribution is -2.33. The number of hydrogen-bond acceptors (Lipinski definition) is 3. The van der Waals surface area contributed by atoms with Gasteiger partial charge in [-0.1, -0.05) is 72.8 Å². The Balaban J connectivity index is 1.48. The maximum Gasteiger partial charge on any atom is 0.258 e. The van der Waals surface area contributed by atoms with Gasteiger partial charge in [0.1, 0.15) is 11.5 Å². The van der Waals surface area contributed by atoms with E-state index >= 15 is 0 Å². The number of carbonyl (C=O) groups is 1. The van der Waals surface area contributed by atoms with Gasteiger partial charge < -0.3 is 14.8 Å². The van der Waals surface area contributed by atoms with E-state index in [2.05, 4.69) is 5.32 Å². The predicted octanol–water partition coefficient (Wildman–Crippen LogP) is 5.13. The van der Waals surface area contributed by atoms with Crippen LogP contribution in [0.1, 0.15) is 17.2 Å². The van der Waals surface area contributed by atoms with Gasteiger partial charge in [-0.2, -0.15) is 0 Å². The van der Waals surface area contributed by atoms with Crippen molar-refractivity contribution in [2.75, 3.05) is 13.7 Å². The van der Waals surface area contributed by atoms with Gasteiger partial charge in [-0.15, -0.1) is 0 Å². The molecule has 0 aliphatic rings. The van der Waals surface area contributed by atoms with Crippen LogP contribution in [0.4, 0.5) is 0 Å². The minimum Gasteiger partial charge on any atom is -0.497 e. The molecule has 4 aromatic rings. The van der Waals surface area contributed by atoms with E-state index in [0.717, 1.165) is 27.6 Å². The maximum atomic E-state index is 12.7. The Morgan fingerprint density at radius 1 is 0.767 bits per heavy atom. The number of amides is 1. The summed E-state index contributed by atoms with van der Waals surface area (Å²) in [5.41, 5.74) is 1.97. The Morgan fingerprint density at radius 3 is 2.13 bits per heavy atom. The SMILES string of the molecule is COc1ccc(C(NC(=O)COc2ccc3ccccc3c2)c2ccccc2)cc1. The average Bonchev–Trinajstić information content (AvgIpc) is 2.82. The fraction of sp³-hybridized carbons (Fsp3) is 0.115. The molecule has 0 saturated carbocycles. The minimum atomic E-state index is -0.273. The van der Waals surface area contributed by atoms with Crippen LogP contribution in [-0.2, 0) is 4.79 Å². The third kappa shape index (κ3) is 4.61. The van der Waals surface area contributed by atoms with Gasteiger partial charge in [0, 0.05) is 0 Å². The van der Waals surface area contributed by atoms with Crippen LogP contribution >= 0.6 is 0 Å². The summed E-state index contributed by atoms with van der Waals surface area (Å²) < 4.78 is 11.0. The average molecular weight is 397 g/mol. The van der Waals surface area contributed by atoms with Gasteiger partial charge in [0.15, 0.2) is 6.61 Å². The van der Waals surface area contributed by atoms with Crippen LogP contribution in [0.15, 0.2) is 97.1 Å². The molecular weight excluding hydrogens is 374 g/mol. The summed E-state index contributed by atoms with van der Waals surface area (Å²) in [6.45, 7) is -0.0577. The molecule has 4 rings (SSSR count). The van der Waals surface area contributed by atoms with Crippen LogP contribution in [-0.4, -0.2) is 19.6 Å². The number of hydrogen-bond donors (Lipinski definition) is 1. The summed E-state index contributed by atoms with van der Waals surface area (Å²) in [7, 11) is 1.63. The first-order valence-corrected chi connectivity index (χ1v) is 9.83. The molecule has 1 atom stereocenters. The van der Waals surface area contributed by atoms with Gasteiger partial charge in [-0.3, -0.25) is 4.79 Å². The van der Waals surface area contributed by atoms with Crippen molar-refractivity contribution in [3.05, 3.63) is 108 Å². The number of nitrogens with one attached hydrogen (secondary N) is 1. The summed E-state index contributed by atoms with van der Waals surface area (Å²) >= 11 is 0. The fourth-order valence-corrected chi connectivity index (χ4v) is 3.41. The zero-order valence-corrected chi connectivity index (χ0v) is 16.7. The first-order chi connectivity index (χ1) is 14.7. The molecule has 1 amide bonds. The van der Waals surface area contributed by atoms with Gasteiger partial charge in [0.25, 0.3) is 5.91 Å². The Kier molecular flexibility index (Phi) is 5.95. The molecule has 0 radical (unpaired) electrons. The standard InChI is InChI=1S/C26H23NO3/c1-29-23-14-12-21(13-15-23)26(20-8-3-2-4-9-20)27-25(28)18-30-24-16-11-19-7-5-6-10-22(19)17-24/h2-17,26H,18H2,1H3,(H,27,28). The molecule has 0 saturated heterocycles. The zero-order valence-electron chi connectivity index (χ0n) is 16.7. The molecule has 4 nitrogen and oxygen atoms in total. The zero-order chi connectivity index (χ0) is 20.8. The topological polar surface area (TPSA) is 47.6 Å². The highest BCUT2D eigenvalue weighted by atomic mass is 16.5. The Hall–Kier alpha value is -3.79. The molecule has 0 heterocycles. The van der Waals surface area contributed by atoms with Crippen LogP contribution in [0.2, 0.25) is 0 Å². The molecule has 4 aromatic carbocycles. The Morgan fingerprint density at radius 2 is 1.40 bits per heavy atom. The molecule has 0 spiro atoms. The lowest BCUT2D eigenvalue weighted by Gasteiger charge is -2.20. The summed E-state index contributed by atoms with van der Waals surface area (Å²) in [6.07, 6.45) is 0. The van der Waals surface area contributed by atoms with Crippen LogP contribution in [0.25, 0.3) is 10.8 Å². The number of carbonyl (C=O) groups excluding carboxylic acids is 1. The molecule has 0 aromatic heterocycles. The molecule has 0 fully saturated rings. The fourth-order valence-electron chi connectivity index (χ4n) is 3.41. The minimum absolute atomic E-state index is 0.0577. The van der Waals surface area contributed by atoms with Crippen molar-refractivity contribution in [1.29, 1.82) is 0 Å². The van der Waals surface area contributed by atoms with Gasteiger partial charge >= 0.3 is 0 Å². The smallest absolute Gasteiger partial charge is 0.258 e. The van der Waals surface area contributed by atoms with E-state index in [1.54, 1.807) is 7.11 Å². The molecule has 0 aliphatic heterocycles. The summed E-state index contributed by atoms with van der Waals surface area (Å²) in [6, 6.07) is 31.2. The van der Waals surface area contributed by atoms with E-state index < -0.39 is 0 Å². The largest absolute Gasteiger partial charge is 0.497 e. The highest BCUT2D eigenvalue weighted by molar-refractivity contribution is 5.84. The van der Waals surface area contributed by atoms with Crippen LogP contribution < -0.4 is 14.8 Å². The van der Waals surface area contributed by atoms with Crippen molar-refractivity contribution < 1.29 is 14.3 Å². The number of rotatable bonds is 7. The monoisotopic (exact) mass is 397 g/mol. The highest BCUT2D eigenvalue weighted by Crippen LogP contribution is 2.24. The van der Waals surface area contributed by atoms with Crippen molar-refractivity contribution in [3.63, 3.8) is 0 Å². The lowest BCUT2D eigenvalue weighted by atomic mass is 9.98. The summed E-state index contributed by atoms with van der Waals surface area (Å²) in [4.78, 5) is 12.7. The van der Waals surface area contributed by atoms with Gasteiger partial charge in [0.05, 0.1) is 13.2 Å². The van der Waals surface area contributed by atoms with Gasteiger partial charge in [0.2, 0.25) is 0 Å². The second-order valence-electron chi connectivity index (χ2n) is 6.98. The first-order valence-electron chi connectivity index (χ1n) is 9.83. The van der Waals surface area contributed by atoms with E-state index in [1.165, 1.54) is 0 Å². The number of fused-ring (bicyclic) bond motifs is 1. The highest BCUT2D eigenvalue weighted by Gasteiger charge is 2.17. The predicted molar refractivity (Wildman–Crippen MR) is 119 cm³/mol. The van der Waals surface area contributed by atoms with Crippen LogP contribution in [0.3, 0.4) is 0 Å². The maximum absolute atomic E-state index is 12.7. The van der Waals surface area contributed by atoms with Crippen LogP contribution in [0.5, 0.6) is 11.5 Å². The second kappa shape index (κ2) is 9.14. The molecule has 1 N–H and O–H groups in total. The van der Waals surface area contributed by atoms with Crippen molar-refractivity contribution in [2.24, 2.45) is 0 Å². The first kappa shape index (κ1) is 19.5. The molecule has 1 unspecified atom stereocenters. The van der Waals surface area contributed by atoms with E-state index in [4.69, 9.17) is 9.47 Å². The lowest BCUT2D eigenvalue weighted by molar-refractivity contribution is -0.123. The molecule has 0 aliphatic carbocycles. The second-order valence-corrected chi connectivity index (χ2v) is 6.98. The third-order valence-corrected chi connectivity index (χ3v) is 4.98. The number of methoxy groups -OCH3 is 1. The van der Waals surface area contributed by atoms with E-state index in [0.29, 0.717) is 5.75 Å². The van der Waals surface area contributed by atoms with Crippen LogP contribution in [0, 0.1) is 0 Å². The summed E-state index contributed by atoms with van der Waals surface area (Å²) in [5.74, 6) is 1.26. The normalized spacial score (nSPS) is 11.6. The Bertz CT molecular complexity index is 1120. The van der Waals surface area contributed by atoms with E-state index in [-0.39, 0.29) is 18.6 Å².